The highest BCUT2D eigenvalue weighted by atomic mass is 16.6. The molecule has 6 nitrogen and oxygen atoms in total. The maximum atomic E-state index is 11.4. The molecule has 0 aromatic heterocycles. The molecule has 0 rings (SSSR count). The van der Waals surface area contributed by atoms with E-state index >= 15 is 0 Å². The van der Waals surface area contributed by atoms with Crippen LogP contribution in [0.4, 0.5) is 0 Å². The highest BCUT2D eigenvalue weighted by molar-refractivity contribution is 5.66. The van der Waals surface area contributed by atoms with E-state index in [1.165, 1.54) is 13.8 Å². The first-order valence-electron chi connectivity index (χ1n) is 10.3. The van der Waals surface area contributed by atoms with E-state index in [1.54, 1.807) is 12.2 Å². The summed E-state index contributed by atoms with van der Waals surface area (Å²) in [4.78, 5) is 33.5. The highest BCUT2D eigenvalue weighted by Gasteiger charge is 2.19. The number of rotatable bonds is 16. The van der Waals surface area contributed by atoms with E-state index in [0.717, 1.165) is 51.4 Å². The van der Waals surface area contributed by atoms with Gasteiger partial charge in [0.1, 0.15) is 18.3 Å². The second-order valence-electron chi connectivity index (χ2n) is 6.88. The Kier molecular flexibility index (Phi) is 15.8. The normalized spacial score (nSPS) is 13.4. The van der Waals surface area contributed by atoms with Gasteiger partial charge in [0, 0.05) is 20.3 Å². The molecule has 0 aromatic rings. The van der Waals surface area contributed by atoms with Crippen LogP contribution in [0.25, 0.3) is 0 Å². The summed E-state index contributed by atoms with van der Waals surface area (Å²) in [6.45, 7) is 7.36. The van der Waals surface area contributed by atoms with Crippen LogP contribution >= 0.6 is 0 Å². The lowest BCUT2D eigenvalue weighted by Crippen LogP contribution is -2.25. The van der Waals surface area contributed by atoms with E-state index < -0.39 is 12.1 Å². The molecule has 160 valence electrons. The minimum Gasteiger partial charge on any atom is -0.462 e. The monoisotopic (exact) mass is 396 g/mol. The number of esters is 2. The minimum atomic E-state index is -0.563. The Bertz CT molecular complexity index is 507. The lowest BCUT2D eigenvalue weighted by Gasteiger charge is -2.21. The van der Waals surface area contributed by atoms with E-state index in [1.807, 2.05) is 0 Å². The van der Waals surface area contributed by atoms with Gasteiger partial charge in [0.05, 0.1) is 0 Å². The van der Waals surface area contributed by atoms with Crippen molar-refractivity contribution in [3.05, 3.63) is 17.9 Å². The van der Waals surface area contributed by atoms with Crippen LogP contribution in [0.2, 0.25) is 0 Å². The minimum absolute atomic E-state index is 0.321. The Labute approximate surface area is 169 Å². The molecule has 0 aliphatic rings. The van der Waals surface area contributed by atoms with Crippen molar-refractivity contribution in [1.82, 2.24) is 0 Å². The van der Waals surface area contributed by atoms with Gasteiger partial charge in [-0.1, -0.05) is 39.5 Å². The van der Waals surface area contributed by atoms with Gasteiger partial charge in [-0.15, -0.1) is 5.73 Å². The summed E-state index contributed by atoms with van der Waals surface area (Å²) in [5.74, 6) is -0.764. The van der Waals surface area contributed by atoms with Crippen LogP contribution in [0.15, 0.2) is 17.9 Å². The molecular weight excluding hydrogens is 360 g/mol. The molecule has 0 aromatic carbocycles. The molecule has 28 heavy (non-hydrogen) atoms. The summed E-state index contributed by atoms with van der Waals surface area (Å²) in [6.07, 6.45) is 10.0. The fourth-order valence-corrected chi connectivity index (χ4v) is 2.83. The third-order valence-corrected chi connectivity index (χ3v) is 4.16. The maximum absolute atomic E-state index is 11.4. The lowest BCUT2D eigenvalue weighted by atomic mass is 10.0. The summed E-state index contributed by atoms with van der Waals surface area (Å²) in [5, 5.41) is 0. The van der Waals surface area contributed by atoms with E-state index in [-0.39, 0.29) is 18.2 Å². The zero-order valence-corrected chi connectivity index (χ0v) is 17.8. The average molecular weight is 397 g/mol. The summed E-state index contributed by atoms with van der Waals surface area (Å²) < 4.78 is 15.8. The first-order valence-corrected chi connectivity index (χ1v) is 10.3. The van der Waals surface area contributed by atoms with Crippen molar-refractivity contribution in [2.75, 3.05) is 0 Å². The fourth-order valence-electron chi connectivity index (χ4n) is 2.83. The van der Waals surface area contributed by atoms with Crippen molar-refractivity contribution in [2.45, 2.75) is 104 Å². The Balaban J connectivity index is 5.06. The van der Waals surface area contributed by atoms with Crippen molar-refractivity contribution in [3.63, 3.8) is 0 Å². The van der Waals surface area contributed by atoms with Crippen molar-refractivity contribution >= 4 is 18.4 Å². The van der Waals surface area contributed by atoms with Gasteiger partial charge in [-0.25, -0.2) is 0 Å². The molecule has 0 fully saturated rings. The number of hydrogen-bond donors (Lipinski definition) is 0. The highest BCUT2D eigenvalue weighted by Crippen LogP contribution is 2.16. The van der Waals surface area contributed by atoms with Crippen molar-refractivity contribution in [1.29, 1.82) is 0 Å². The topological polar surface area (TPSA) is 78.9 Å². The van der Waals surface area contributed by atoms with Gasteiger partial charge in [-0.2, -0.15) is 0 Å². The number of ether oxygens (including phenoxy) is 3. The van der Waals surface area contributed by atoms with Crippen LogP contribution < -0.4 is 0 Å². The molecular formula is C22H36O6. The first-order chi connectivity index (χ1) is 13.4. The third kappa shape index (κ3) is 15.0. The lowest BCUT2D eigenvalue weighted by molar-refractivity contribution is -0.151. The second-order valence-corrected chi connectivity index (χ2v) is 6.88. The molecule has 6 heteroatoms. The van der Waals surface area contributed by atoms with Gasteiger partial charge in [-0.05, 0) is 37.8 Å². The SMILES string of the molecule is CCCCC[C@@H](C[C@@H](C=C=C[C@@H](CCCCC)OC=O)OC(C)=O)OC(C)=O. The van der Waals surface area contributed by atoms with Crippen LogP contribution in [0, 0.1) is 0 Å². The second kappa shape index (κ2) is 17.1. The molecule has 0 saturated heterocycles. The Morgan fingerprint density at radius 2 is 1.43 bits per heavy atom. The van der Waals surface area contributed by atoms with Crippen LogP contribution in [0.5, 0.6) is 0 Å². The van der Waals surface area contributed by atoms with Gasteiger partial charge >= 0.3 is 11.9 Å². The summed E-state index contributed by atoms with van der Waals surface area (Å²) in [6, 6.07) is 0. The smallest absolute Gasteiger partial charge is 0.303 e. The van der Waals surface area contributed by atoms with Gasteiger partial charge in [-0.3, -0.25) is 14.4 Å². The van der Waals surface area contributed by atoms with Crippen molar-refractivity contribution in [3.8, 4) is 0 Å². The Morgan fingerprint density at radius 1 is 0.857 bits per heavy atom. The molecule has 0 heterocycles. The molecule has 0 aliphatic heterocycles. The molecule has 0 unspecified atom stereocenters. The van der Waals surface area contributed by atoms with Gasteiger partial charge in [0.25, 0.3) is 6.47 Å². The number of hydrogen-bond acceptors (Lipinski definition) is 6. The molecule has 0 aliphatic carbocycles. The zero-order valence-electron chi connectivity index (χ0n) is 17.8. The summed E-state index contributed by atoms with van der Waals surface area (Å²) in [5.41, 5.74) is 2.98. The van der Waals surface area contributed by atoms with Crippen LogP contribution in [-0.4, -0.2) is 36.7 Å². The average Bonchev–Trinajstić information content (AvgIpc) is 2.61. The number of unbranched alkanes of at least 4 members (excludes halogenated alkanes) is 4. The van der Waals surface area contributed by atoms with E-state index in [0.29, 0.717) is 12.9 Å². The molecule has 3 atom stereocenters. The largest absolute Gasteiger partial charge is 0.462 e. The first kappa shape index (κ1) is 25.9. The van der Waals surface area contributed by atoms with Gasteiger partial charge in [0.2, 0.25) is 0 Å². The van der Waals surface area contributed by atoms with E-state index in [4.69, 9.17) is 14.2 Å². The van der Waals surface area contributed by atoms with E-state index in [9.17, 15) is 14.4 Å². The van der Waals surface area contributed by atoms with Crippen LogP contribution in [0.1, 0.15) is 85.5 Å². The molecule has 0 bridgehead atoms. The van der Waals surface area contributed by atoms with Gasteiger partial charge < -0.3 is 14.2 Å². The van der Waals surface area contributed by atoms with E-state index in [2.05, 4.69) is 19.6 Å². The molecule has 0 spiro atoms. The molecule has 0 N–H and O–H groups in total. The van der Waals surface area contributed by atoms with Crippen LogP contribution in [-0.2, 0) is 28.6 Å². The Morgan fingerprint density at radius 3 is 1.96 bits per heavy atom. The number of carbonyl (C=O) groups is 3. The van der Waals surface area contributed by atoms with Crippen molar-refractivity contribution in [2.24, 2.45) is 0 Å². The zero-order chi connectivity index (χ0) is 21.2. The summed E-state index contributed by atoms with van der Waals surface area (Å²) in [7, 11) is 0. The molecule has 0 radical (unpaired) electrons. The third-order valence-electron chi connectivity index (χ3n) is 4.16. The standard InChI is InChI=1S/C22H36O6/c1-5-7-9-12-20(26-17-23)14-11-15-22(28-19(4)25)16-21(27-18(3)24)13-10-8-6-2/h14-15,17,20-22H,5-10,12-13,16H2,1-4H3/t11?,20-,21+,22-/m1/s1. The summed E-state index contributed by atoms with van der Waals surface area (Å²) >= 11 is 0. The predicted molar refractivity (Wildman–Crippen MR) is 108 cm³/mol. The van der Waals surface area contributed by atoms with Gasteiger partial charge in [0.15, 0.2) is 0 Å². The molecule has 0 saturated carbocycles. The Hall–Kier alpha value is -2.07. The predicted octanol–water partition coefficient (Wildman–Crippen LogP) is 4.65. The fraction of sp³-hybridized carbons (Fsp3) is 0.727. The molecule has 0 amide bonds. The maximum Gasteiger partial charge on any atom is 0.303 e. The quantitative estimate of drug-likeness (QED) is 0.124. The number of carbonyl (C=O) groups excluding carboxylic acids is 3. The van der Waals surface area contributed by atoms with Crippen molar-refractivity contribution < 1.29 is 28.6 Å². The van der Waals surface area contributed by atoms with Crippen LogP contribution in [0.3, 0.4) is 0 Å².